The lowest BCUT2D eigenvalue weighted by Gasteiger charge is -2.15. The van der Waals surface area contributed by atoms with E-state index in [1.807, 2.05) is 25.1 Å². The standard InChI is InChI=1S/C22H24N4O5/c1-3-30-18-11-7-6-10-17(18)24-21(28)14(2)31-19(27)12-13-23-22(29)20-15-8-4-5-9-16(15)25-26-20/h4-11,14H,3,12-13H2,1-2H3,(H,23,29)(H,24,28)(H,25,26). The van der Waals surface area contributed by atoms with Crippen molar-refractivity contribution >= 4 is 34.4 Å². The summed E-state index contributed by atoms with van der Waals surface area (Å²) < 4.78 is 10.6. The Bertz CT molecular complexity index is 1080. The molecule has 1 heterocycles. The molecule has 31 heavy (non-hydrogen) atoms. The average Bonchev–Trinajstić information content (AvgIpc) is 3.19. The molecule has 0 saturated heterocycles. The van der Waals surface area contributed by atoms with Crippen LogP contribution in [0.15, 0.2) is 48.5 Å². The number of aromatic amines is 1. The van der Waals surface area contributed by atoms with Gasteiger partial charge in [0.1, 0.15) is 5.75 Å². The van der Waals surface area contributed by atoms with Gasteiger partial charge in [-0.15, -0.1) is 0 Å². The van der Waals surface area contributed by atoms with Crippen LogP contribution >= 0.6 is 0 Å². The first-order valence-electron chi connectivity index (χ1n) is 9.93. The van der Waals surface area contributed by atoms with Gasteiger partial charge in [0.05, 0.1) is 24.2 Å². The number of amides is 2. The Hall–Kier alpha value is -3.88. The monoisotopic (exact) mass is 424 g/mol. The van der Waals surface area contributed by atoms with Crippen LogP contribution in [0.4, 0.5) is 5.69 Å². The number of nitrogens with zero attached hydrogens (tertiary/aromatic N) is 1. The van der Waals surface area contributed by atoms with Gasteiger partial charge in [0.15, 0.2) is 11.8 Å². The largest absolute Gasteiger partial charge is 0.492 e. The summed E-state index contributed by atoms with van der Waals surface area (Å²) in [5.74, 6) is -0.950. The molecule has 0 radical (unpaired) electrons. The maximum absolute atomic E-state index is 12.3. The first-order valence-corrected chi connectivity index (χ1v) is 9.93. The molecule has 0 spiro atoms. The quantitative estimate of drug-likeness (QED) is 0.454. The molecule has 3 aromatic rings. The van der Waals surface area contributed by atoms with Gasteiger partial charge in [-0.1, -0.05) is 30.3 Å². The molecule has 0 aliphatic rings. The number of nitrogens with one attached hydrogen (secondary N) is 3. The Labute approximate surface area is 179 Å². The molecule has 0 aliphatic carbocycles. The zero-order valence-corrected chi connectivity index (χ0v) is 17.3. The summed E-state index contributed by atoms with van der Waals surface area (Å²) in [5, 5.41) is 12.8. The van der Waals surface area contributed by atoms with Crippen LogP contribution in [0.3, 0.4) is 0 Å². The van der Waals surface area contributed by atoms with Gasteiger partial charge >= 0.3 is 5.97 Å². The van der Waals surface area contributed by atoms with E-state index in [0.29, 0.717) is 23.4 Å². The summed E-state index contributed by atoms with van der Waals surface area (Å²) in [6.45, 7) is 3.83. The van der Waals surface area contributed by atoms with Crippen LogP contribution in [0.2, 0.25) is 0 Å². The number of carbonyl (C=O) groups excluding carboxylic acids is 3. The lowest BCUT2D eigenvalue weighted by atomic mass is 10.2. The van der Waals surface area contributed by atoms with Crippen molar-refractivity contribution in [2.75, 3.05) is 18.5 Å². The maximum atomic E-state index is 12.3. The van der Waals surface area contributed by atoms with Gasteiger partial charge in [-0.05, 0) is 32.0 Å². The number of aromatic nitrogens is 2. The van der Waals surface area contributed by atoms with E-state index >= 15 is 0 Å². The van der Waals surface area contributed by atoms with Gasteiger partial charge in [-0.25, -0.2) is 0 Å². The molecule has 2 amide bonds. The van der Waals surface area contributed by atoms with Gasteiger partial charge in [0, 0.05) is 11.9 Å². The fourth-order valence-corrected chi connectivity index (χ4v) is 2.89. The van der Waals surface area contributed by atoms with Crippen molar-refractivity contribution in [3.8, 4) is 5.75 Å². The number of hydrogen-bond donors (Lipinski definition) is 3. The van der Waals surface area contributed by atoms with Crippen molar-refractivity contribution in [3.63, 3.8) is 0 Å². The second-order valence-electron chi connectivity index (χ2n) is 6.67. The first-order chi connectivity index (χ1) is 15.0. The summed E-state index contributed by atoms with van der Waals surface area (Å²) in [5.41, 5.74) is 1.50. The Morgan fingerprint density at radius 2 is 1.84 bits per heavy atom. The minimum absolute atomic E-state index is 0.0559. The summed E-state index contributed by atoms with van der Waals surface area (Å²) in [6, 6.07) is 14.2. The third-order valence-corrected chi connectivity index (χ3v) is 4.42. The Kier molecular flexibility index (Phi) is 7.21. The number of fused-ring (bicyclic) bond motifs is 1. The molecule has 162 valence electrons. The van der Waals surface area contributed by atoms with E-state index in [0.717, 1.165) is 5.52 Å². The van der Waals surface area contributed by atoms with E-state index < -0.39 is 23.9 Å². The van der Waals surface area contributed by atoms with Crippen LogP contribution in [-0.2, 0) is 14.3 Å². The van der Waals surface area contributed by atoms with Crippen molar-refractivity contribution in [1.29, 1.82) is 0 Å². The van der Waals surface area contributed by atoms with Crippen molar-refractivity contribution in [2.45, 2.75) is 26.4 Å². The number of carbonyl (C=O) groups is 3. The highest BCUT2D eigenvalue weighted by Crippen LogP contribution is 2.24. The van der Waals surface area contributed by atoms with E-state index in [2.05, 4.69) is 20.8 Å². The second-order valence-corrected chi connectivity index (χ2v) is 6.67. The molecule has 0 bridgehead atoms. The predicted octanol–water partition coefficient (Wildman–Crippen LogP) is 2.65. The molecule has 9 heteroatoms. The van der Waals surface area contributed by atoms with Crippen LogP contribution in [-0.4, -0.2) is 47.2 Å². The molecule has 0 aliphatic heterocycles. The normalized spacial score (nSPS) is 11.5. The van der Waals surface area contributed by atoms with Gasteiger partial charge in [-0.2, -0.15) is 5.10 Å². The topological polar surface area (TPSA) is 122 Å². The molecule has 0 fully saturated rings. The summed E-state index contributed by atoms with van der Waals surface area (Å²) in [7, 11) is 0. The Morgan fingerprint density at radius 1 is 1.10 bits per heavy atom. The average molecular weight is 424 g/mol. The molecule has 3 N–H and O–H groups in total. The Morgan fingerprint density at radius 3 is 2.65 bits per heavy atom. The molecule has 9 nitrogen and oxygen atoms in total. The number of esters is 1. The predicted molar refractivity (Wildman–Crippen MR) is 115 cm³/mol. The van der Waals surface area contributed by atoms with Crippen molar-refractivity contribution < 1.29 is 23.9 Å². The summed E-state index contributed by atoms with van der Waals surface area (Å²) >= 11 is 0. The highest BCUT2D eigenvalue weighted by atomic mass is 16.5. The van der Waals surface area contributed by atoms with Gasteiger partial charge in [0.2, 0.25) is 0 Å². The molecule has 2 aromatic carbocycles. The maximum Gasteiger partial charge on any atom is 0.308 e. The molecule has 0 saturated carbocycles. The van der Waals surface area contributed by atoms with Crippen LogP contribution < -0.4 is 15.4 Å². The number of hydrogen-bond acceptors (Lipinski definition) is 6. The SMILES string of the molecule is CCOc1ccccc1NC(=O)C(C)OC(=O)CCNC(=O)c1n[nH]c2ccccc12. The smallest absolute Gasteiger partial charge is 0.308 e. The van der Waals surface area contributed by atoms with E-state index in [4.69, 9.17) is 9.47 Å². The number of rotatable bonds is 9. The van der Waals surface area contributed by atoms with Crippen LogP contribution in [0.25, 0.3) is 10.9 Å². The fraction of sp³-hybridized carbons (Fsp3) is 0.273. The van der Waals surface area contributed by atoms with Crippen LogP contribution in [0.1, 0.15) is 30.8 Å². The fourth-order valence-electron chi connectivity index (χ4n) is 2.89. The van der Waals surface area contributed by atoms with E-state index in [-0.39, 0.29) is 18.7 Å². The lowest BCUT2D eigenvalue weighted by Crippen LogP contribution is -2.32. The highest BCUT2D eigenvalue weighted by Gasteiger charge is 2.20. The molecule has 1 atom stereocenters. The van der Waals surface area contributed by atoms with Gasteiger partial charge < -0.3 is 20.1 Å². The minimum atomic E-state index is -1.01. The first kappa shape index (κ1) is 21.8. The van der Waals surface area contributed by atoms with E-state index in [1.165, 1.54) is 6.92 Å². The lowest BCUT2D eigenvalue weighted by molar-refractivity contribution is -0.153. The zero-order chi connectivity index (χ0) is 22.2. The van der Waals surface area contributed by atoms with E-state index in [9.17, 15) is 14.4 Å². The number of benzene rings is 2. The number of H-pyrrole nitrogens is 1. The van der Waals surface area contributed by atoms with Crippen LogP contribution in [0.5, 0.6) is 5.75 Å². The summed E-state index contributed by atoms with van der Waals surface area (Å²) in [6.07, 6.45) is -1.09. The van der Waals surface area contributed by atoms with Gasteiger partial charge in [-0.3, -0.25) is 19.5 Å². The van der Waals surface area contributed by atoms with Gasteiger partial charge in [0.25, 0.3) is 11.8 Å². The number of anilines is 1. The third kappa shape index (κ3) is 5.59. The minimum Gasteiger partial charge on any atom is -0.492 e. The van der Waals surface area contributed by atoms with Crippen molar-refractivity contribution in [1.82, 2.24) is 15.5 Å². The number of para-hydroxylation sites is 3. The molecule has 1 unspecified atom stereocenters. The summed E-state index contributed by atoms with van der Waals surface area (Å²) in [4.78, 5) is 36.7. The zero-order valence-electron chi connectivity index (χ0n) is 17.3. The number of ether oxygens (including phenoxy) is 2. The molecule has 1 aromatic heterocycles. The second kappa shape index (κ2) is 10.2. The molecular weight excluding hydrogens is 400 g/mol. The third-order valence-electron chi connectivity index (χ3n) is 4.42. The van der Waals surface area contributed by atoms with Crippen molar-refractivity contribution in [2.24, 2.45) is 0 Å². The Balaban J connectivity index is 1.46. The molecular formula is C22H24N4O5. The van der Waals surface area contributed by atoms with E-state index in [1.54, 1.807) is 30.3 Å². The highest BCUT2D eigenvalue weighted by molar-refractivity contribution is 6.04. The van der Waals surface area contributed by atoms with Crippen LogP contribution in [0, 0.1) is 0 Å². The molecule has 3 rings (SSSR count). The van der Waals surface area contributed by atoms with Crippen molar-refractivity contribution in [3.05, 3.63) is 54.2 Å².